The minimum atomic E-state index is -3.71. The predicted octanol–water partition coefficient (Wildman–Crippen LogP) is 2.87. The number of benzene rings is 2. The normalized spacial score (nSPS) is 11.0. The predicted molar refractivity (Wildman–Crippen MR) is 122 cm³/mol. The Morgan fingerprint density at radius 3 is 2.18 bits per heavy atom. The second-order valence-electron chi connectivity index (χ2n) is 7.40. The zero-order valence-electron chi connectivity index (χ0n) is 18.7. The second-order valence-corrected chi connectivity index (χ2v) is 9.37. The van der Waals surface area contributed by atoms with Crippen LogP contribution in [-0.2, 0) is 14.8 Å². The summed E-state index contributed by atoms with van der Waals surface area (Å²) in [5.74, 6) is 0.338. The quantitative estimate of drug-likeness (QED) is 0.512. The fraction of sp³-hybridized carbons (Fsp3) is 0.217. The number of amides is 2. The molecular weight excluding hydrogens is 446 g/mol. The van der Waals surface area contributed by atoms with Crippen molar-refractivity contribution < 1.29 is 27.2 Å². The lowest BCUT2D eigenvalue weighted by atomic mass is 10.2. The van der Waals surface area contributed by atoms with Crippen LogP contribution in [0.15, 0.2) is 63.9 Å². The lowest BCUT2D eigenvalue weighted by molar-refractivity contribution is -0.123. The summed E-state index contributed by atoms with van der Waals surface area (Å²) < 4.78 is 37.5. The lowest BCUT2D eigenvalue weighted by Crippen LogP contribution is -2.43. The number of hydrazine groups is 1. The van der Waals surface area contributed by atoms with E-state index >= 15 is 0 Å². The van der Waals surface area contributed by atoms with Gasteiger partial charge in [-0.25, -0.2) is 8.42 Å². The molecule has 2 aromatic carbocycles. The largest absolute Gasteiger partial charge is 0.484 e. The number of hydrogen-bond donors (Lipinski definition) is 2. The summed E-state index contributed by atoms with van der Waals surface area (Å²) in [5.41, 5.74) is 6.29. The van der Waals surface area contributed by atoms with Gasteiger partial charge in [0, 0.05) is 7.05 Å². The van der Waals surface area contributed by atoms with Crippen LogP contribution in [0.5, 0.6) is 5.75 Å². The van der Waals surface area contributed by atoms with E-state index in [0.29, 0.717) is 28.5 Å². The van der Waals surface area contributed by atoms with E-state index in [9.17, 15) is 18.0 Å². The summed E-state index contributed by atoms with van der Waals surface area (Å²) in [5, 5.41) is 0. The summed E-state index contributed by atoms with van der Waals surface area (Å²) in [7, 11) is -2.24. The number of nitrogens with zero attached hydrogens (tertiary/aromatic N) is 1. The van der Waals surface area contributed by atoms with E-state index in [1.165, 1.54) is 11.4 Å². The van der Waals surface area contributed by atoms with Crippen LogP contribution in [0.1, 0.15) is 27.4 Å². The molecule has 0 atom stereocenters. The Kier molecular flexibility index (Phi) is 7.07. The number of aryl methyl sites for hydroxylation is 3. The van der Waals surface area contributed by atoms with Gasteiger partial charge in [0.25, 0.3) is 21.8 Å². The summed E-state index contributed by atoms with van der Waals surface area (Å²) in [6.07, 6.45) is 0. The molecule has 0 saturated carbocycles. The zero-order chi connectivity index (χ0) is 24.2. The molecule has 1 heterocycles. The number of carbonyl (C=O) groups excluding carboxylic acids is 2. The van der Waals surface area contributed by atoms with Crippen molar-refractivity contribution in [1.82, 2.24) is 10.9 Å². The van der Waals surface area contributed by atoms with Crippen LogP contribution in [-0.4, -0.2) is 33.9 Å². The van der Waals surface area contributed by atoms with Gasteiger partial charge in [-0.15, -0.1) is 0 Å². The van der Waals surface area contributed by atoms with Crippen molar-refractivity contribution in [3.63, 3.8) is 0 Å². The van der Waals surface area contributed by atoms with Gasteiger partial charge in [0.2, 0.25) is 0 Å². The van der Waals surface area contributed by atoms with Gasteiger partial charge in [-0.2, -0.15) is 0 Å². The third kappa shape index (κ3) is 5.72. The Labute approximate surface area is 192 Å². The second kappa shape index (κ2) is 9.78. The molecular formula is C23H25N3O6S. The van der Waals surface area contributed by atoms with Crippen molar-refractivity contribution >= 4 is 27.5 Å². The van der Waals surface area contributed by atoms with E-state index in [4.69, 9.17) is 9.15 Å². The molecule has 3 rings (SSSR count). The van der Waals surface area contributed by atoms with Gasteiger partial charge in [-0.3, -0.25) is 24.7 Å². The molecule has 0 spiro atoms. The smallest absolute Gasteiger partial charge is 0.276 e. The van der Waals surface area contributed by atoms with Crippen molar-refractivity contribution in [3.05, 3.63) is 77.2 Å². The highest BCUT2D eigenvalue weighted by atomic mass is 32.2. The number of nitrogens with one attached hydrogen (secondary N) is 2. The summed E-state index contributed by atoms with van der Waals surface area (Å²) in [6, 6.07) is 14.4. The standard InChI is InChI=1S/C23H25N3O6S/c1-15-5-11-20(12-6-15)33(29,30)26(4)18-7-9-19(10-8-18)31-14-22(27)24-25-23(28)21-13-16(2)32-17(21)3/h5-13H,14H2,1-4H3,(H,24,27)(H,25,28). The Bertz CT molecular complexity index is 1250. The third-order valence-corrected chi connectivity index (χ3v) is 6.65. The lowest BCUT2D eigenvalue weighted by Gasteiger charge is -2.20. The summed E-state index contributed by atoms with van der Waals surface area (Å²) in [4.78, 5) is 24.2. The molecule has 0 unspecified atom stereocenters. The van der Waals surface area contributed by atoms with Crippen LogP contribution in [0.25, 0.3) is 0 Å². The van der Waals surface area contributed by atoms with E-state index in [2.05, 4.69) is 10.9 Å². The summed E-state index contributed by atoms with van der Waals surface area (Å²) >= 11 is 0. The van der Waals surface area contributed by atoms with Crippen LogP contribution in [0.3, 0.4) is 0 Å². The Morgan fingerprint density at radius 1 is 0.970 bits per heavy atom. The monoisotopic (exact) mass is 471 g/mol. The van der Waals surface area contributed by atoms with Gasteiger partial charge < -0.3 is 9.15 Å². The molecule has 0 aliphatic carbocycles. The van der Waals surface area contributed by atoms with Crippen LogP contribution >= 0.6 is 0 Å². The number of furan rings is 1. The molecule has 1 aromatic heterocycles. The number of carbonyl (C=O) groups is 2. The van der Waals surface area contributed by atoms with E-state index < -0.39 is 21.8 Å². The van der Waals surface area contributed by atoms with Gasteiger partial charge >= 0.3 is 0 Å². The van der Waals surface area contributed by atoms with Crippen molar-refractivity contribution in [2.45, 2.75) is 25.7 Å². The molecule has 33 heavy (non-hydrogen) atoms. The molecule has 0 aliphatic rings. The van der Waals surface area contributed by atoms with Crippen molar-refractivity contribution in [1.29, 1.82) is 0 Å². The van der Waals surface area contributed by atoms with Crippen molar-refractivity contribution in [2.24, 2.45) is 0 Å². The van der Waals surface area contributed by atoms with Crippen LogP contribution in [0.2, 0.25) is 0 Å². The van der Waals surface area contributed by atoms with E-state index in [1.807, 2.05) is 6.92 Å². The maximum absolute atomic E-state index is 12.8. The summed E-state index contributed by atoms with van der Waals surface area (Å²) in [6.45, 7) is 4.91. The molecule has 0 bridgehead atoms. The fourth-order valence-electron chi connectivity index (χ4n) is 2.99. The maximum atomic E-state index is 12.8. The molecule has 0 fully saturated rings. The first kappa shape index (κ1) is 23.9. The SMILES string of the molecule is Cc1ccc(S(=O)(=O)N(C)c2ccc(OCC(=O)NNC(=O)c3cc(C)oc3C)cc2)cc1. The first-order chi connectivity index (χ1) is 15.6. The van der Waals surface area contributed by atoms with E-state index in [-0.39, 0.29) is 11.5 Å². The van der Waals surface area contributed by atoms with Gasteiger partial charge in [0.05, 0.1) is 16.1 Å². The van der Waals surface area contributed by atoms with Gasteiger partial charge in [0.1, 0.15) is 17.3 Å². The zero-order valence-corrected chi connectivity index (χ0v) is 19.5. The molecule has 0 saturated heterocycles. The topological polar surface area (TPSA) is 118 Å². The van der Waals surface area contributed by atoms with E-state index in [1.54, 1.807) is 68.4 Å². The van der Waals surface area contributed by atoms with Gasteiger partial charge in [-0.05, 0) is 63.2 Å². The third-order valence-electron chi connectivity index (χ3n) is 4.85. The number of sulfonamides is 1. The van der Waals surface area contributed by atoms with Crippen molar-refractivity contribution in [2.75, 3.05) is 18.0 Å². The fourth-order valence-corrected chi connectivity index (χ4v) is 4.19. The van der Waals surface area contributed by atoms with Crippen LogP contribution < -0.4 is 19.9 Å². The average molecular weight is 472 g/mol. The molecule has 10 heteroatoms. The highest BCUT2D eigenvalue weighted by molar-refractivity contribution is 7.92. The van der Waals surface area contributed by atoms with Crippen LogP contribution in [0, 0.1) is 20.8 Å². The Morgan fingerprint density at radius 2 is 1.61 bits per heavy atom. The molecule has 0 radical (unpaired) electrons. The molecule has 2 amide bonds. The Hall–Kier alpha value is -3.79. The first-order valence-electron chi connectivity index (χ1n) is 10.0. The van der Waals surface area contributed by atoms with Gasteiger partial charge in [0.15, 0.2) is 6.61 Å². The van der Waals surface area contributed by atoms with Crippen molar-refractivity contribution in [3.8, 4) is 5.75 Å². The number of anilines is 1. The first-order valence-corrected chi connectivity index (χ1v) is 11.5. The van der Waals surface area contributed by atoms with E-state index in [0.717, 1.165) is 5.56 Å². The van der Waals surface area contributed by atoms with Crippen LogP contribution in [0.4, 0.5) is 5.69 Å². The maximum Gasteiger partial charge on any atom is 0.276 e. The average Bonchev–Trinajstić information content (AvgIpc) is 3.14. The minimum absolute atomic E-state index is 0.190. The highest BCUT2D eigenvalue weighted by Gasteiger charge is 2.21. The van der Waals surface area contributed by atoms with Gasteiger partial charge in [-0.1, -0.05) is 17.7 Å². The molecule has 2 N–H and O–H groups in total. The molecule has 0 aliphatic heterocycles. The number of rotatable bonds is 7. The minimum Gasteiger partial charge on any atom is -0.484 e. The molecule has 174 valence electrons. The molecule has 9 nitrogen and oxygen atoms in total. The molecule has 3 aromatic rings. The number of hydrogen-bond acceptors (Lipinski definition) is 6. The number of ether oxygens (including phenoxy) is 1. The highest BCUT2D eigenvalue weighted by Crippen LogP contribution is 2.24. The Balaban J connectivity index is 1.53.